The fourth-order valence-corrected chi connectivity index (χ4v) is 3.72. The lowest BCUT2D eigenvalue weighted by molar-refractivity contribution is -0.157. The maximum atomic E-state index is 12.5. The number of carbonyl (C=O) groups is 3. The van der Waals surface area contributed by atoms with Crippen LogP contribution < -0.4 is 5.32 Å². The SMILES string of the molecule is CCOC(=O)CC(C)(C)CCSCCC(NC(=O)OC(C)(C)C)C(=O)OC(C)(C)C. The summed E-state index contributed by atoms with van der Waals surface area (Å²) in [5, 5.41) is 2.63. The number of alkyl carbamates (subject to hydrolysis) is 1. The maximum absolute atomic E-state index is 12.5. The maximum Gasteiger partial charge on any atom is 0.408 e. The van der Waals surface area contributed by atoms with E-state index in [-0.39, 0.29) is 11.4 Å². The summed E-state index contributed by atoms with van der Waals surface area (Å²) in [6.07, 6.45) is 1.01. The zero-order valence-electron chi connectivity index (χ0n) is 20.2. The Bertz CT molecular complexity index is 563. The summed E-state index contributed by atoms with van der Waals surface area (Å²) in [7, 11) is 0. The van der Waals surface area contributed by atoms with Crippen molar-refractivity contribution in [3.8, 4) is 0 Å². The van der Waals surface area contributed by atoms with Crippen molar-refractivity contribution in [1.29, 1.82) is 0 Å². The van der Waals surface area contributed by atoms with Gasteiger partial charge in [-0.1, -0.05) is 13.8 Å². The monoisotopic (exact) mass is 447 g/mol. The van der Waals surface area contributed by atoms with Crippen molar-refractivity contribution in [3.05, 3.63) is 0 Å². The lowest BCUT2D eigenvalue weighted by Crippen LogP contribution is -2.46. The summed E-state index contributed by atoms with van der Waals surface area (Å²) in [4.78, 5) is 36.3. The molecule has 1 amide bonds. The molecule has 8 heteroatoms. The molecule has 0 fully saturated rings. The molecule has 7 nitrogen and oxygen atoms in total. The normalized spacial score (nSPS) is 13.4. The number of nitrogens with one attached hydrogen (secondary N) is 1. The Labute approximate surface area is 186 Å². The second kappa shape index (κ2) is 12.4. The molecule has 0 bridgehead atoms. The zero-order chi connectivity index (χ0) is 23.6. The van der Waals surface area contributed by atoms with Crippen LogP contribution in [0.5, 0.6) is 0 Å². The van der Waals surface area contributed by atoms with Gasteiger partial charge in [0.1, 0.15) is 17.2 Å². The Kier molecular flexibility index (Phi) is 11.8. The van der Waals surface area contributed by atoms with Gasteiger partial charge >= 0.3 is 18.0 Å². The van der Waals surface area contributed by atoms with Gasteiger partial charge in [0.05, 0.1) is 13.0 Å². The average molecular weight is 448 g/mol. The van der Waals surface area contributed by atoms with Crippen LogP contribution >= 0.6 is 11.8 Å². The van der Waals surface area contributed by atoms with E-state index in [0.29, 0.717) is 25.2 Å². The summed E-state index contributed by atoms with van der Waals surface area (Å²) in [6, 6.07) is -0.779. The van der Waals surface area contributed by atoms with Gasteiger partial charge in [-0.3, -0.25) is 4.79 Å². The Morgan fingerprint density at radius 2 is 1.47 bits per heavy atom. The third-order valence-corrected chi connectivity index (χ3v) is 4.80. The van der Waals surface area contributed by atoms with Crippen LogP contribution in [-0.2, 0) is 23.8 Å². The van der Waals surface area contributed by atoms with E-state index in [2.05, 4.69) is 5.32 Å². The van der Waals surface area contributed by atoms with Crippen LogP contribution in [0.1, 0.15) is 81.6 Å². The van der Waals surface area contributed by atoms with Gasteiger partial charge in [-0.15, -0.1) is 0 Å². The van der Waals surface area contributed by atoms with Crippen LogP contribution in [0.25, 0.3) is 0 Å². The third-order valence-electron chi connectivity index (χ3n) is 3.78. The van der Waals surface area contributed by atoms with Gasteiger partial charge in [-0.25, -0.2) is 9.59 Å². The fourth-order valence-electron chi connectivity index (χ4n) is 2.41. The summed E-state index contributed by atoms with van der Waals surface area (Å²) in [5.74, 6) is 0.838. The number of hydrogen-bond donors (Lipinski definition) is 1. The topological polar surface area (TPSA) is 90.9 Å². The fraction of sp³-hybridized carbons (Fsp3) is 0.864. The van der Waals surface area contributed by atoms with Gasteiger partial charge in [0.15, 0.2) is 0 Å². The van der Waals surface area contributed by atoms with E-state index in [1.165, 1.54) is 0 Å². The Hall–Kier alpha value is -1.44. The number of esters is 2. The molecule has 1 atom stereocenters. The Balaban J connectivity index is 4.65. The van der Waals surface area contributed by atoms with E-state index in [9.17, 15) is 14.4 Å². The Morgan fingerprint density at radius 3 is 1.97 bits per heavy atom. The standard InChI is InChI=1S/C22H41NO6S/c1-10-27-17(24)15-22(8,9)12-14-30-13-11-16(18(25)28-20(2,3)4)23-19(26)29-21(5,6)7/h16H,10-15H2,1-9H3,(H,23,26). The molecule has 0 rings (SSSR count). The van der Waals surface area contributed by atoms with E-state index in [4.69, 9.17) is 14.2 Å². The number of amides is 1. The van der Waals surface area contributed by atoms with Crippen molar-refractivity contribution in [2.75, 3.05) is 18.1 Å². The third kappa shape index (κ3) is 15.4. The number of thioether (sulfide) groups is 1. The highest BCUT2D eigenvalue weighted by Crippen LogP contribution is 2.28. The highest BCUT2D eigenvalue weighted by molar-refractivity contribution is 7.99. The van der Waals surface area contributed by atoms with Crippen molar-refractivity contribution >= 4 is 29.8 Å². The van der Waals surface area contributed by atoms with Gasteiger partial charge < -0.3 is 19.5 Å². The molecular formula is C22H41NO6S. The summed E-state index contributed by atoms with van der Waals surface area (Å²) in [5.41, 5.74) is -1.45. The van der Waals surface area contributed by atoms with Crippen molar-refractivity contribution in [2.24, 2.45) is 5.41 Å². The highest BCUT2D eigenvalue weighted by Gasteiger charge is 2.28. The smallest absolute Gasteiger partial charge is 0.408 e. The number of ether oxygens (including phenoxy) is 3. The van der Waals surface area contributed by atoms with Crippen LogP contribution in [0.4, 0.5) is 4.79 Å². The van der Waals surface area contributed by atoms with Crippen molar-refractivity contribution < 1.29 is 28.6 Å². The van der Waals surface area contributed by atoms with E-state index in [1.807, 2.05) is 13.8 Å². The first-order valence-electron chi connectivity index (χ1n) is 10.5. The Morgan fingerprint density at radius 1 is 0.900 bits per heavy atom. The first-order chi connectivity index (χ1) is 13.5. The van der Waals surface area contributed by atoms with Gasteiger partial charge in [-0.05, 0) is 78.2 Å². The second-order valence-corrected chi connectivity index (χ2v) is 11.3. The molecule has 0 aliphatic heterocycles. The van der Waals surface area contributed by atoms with Gasteiger partial charge in [0.25, 0.3) is 0 Å². The second-order valence-electron chi connectivity index (χ2n) is 10.0. The minimum absolute atomic E-state index is 0.154. The van der Waals surface area contributed by atoms with Crippen LogP contribution in [0.15, 0.2) is 0 Å². The van der Waals surface area contributed by atoms with E-state index in [1.54, 1.807) is 60.2 Å². The lowest BCUT2D eigenvalue weighted by atomic mass is 9.86. The van der Waals surface area contributed by atoms with Crippen LogP contribution in [0, 0.1) is 5.41 Å². The van der Waals surface area contributed by atoms with Crippen LogP contribution in [0.2, 0.25) is 0 Å². The molecule has 0 aromatic heterocycles. The van der Waals surface area contributed by atoms with E-state index >= 15 is 0 Å². The lowest BCUT2D eigenvalue weighted by Gasteiger charge is -2.26. The average Bonchev–Trinajstić information content (AvgIpc) is 2.49. The van der Waals surface area contributed by atoms with Gasteiger partial charge in [0.2, 0.25) is 0 Å². The molecule has 0 saturated carbocycles. The molecule has 0 aromatic carbocycles. The van der Waals surface area contributed by atoms with Crippen molar-refractivity contribution in [3.63, 3.8) is 0 Å². The van der Waals surface area contributed by atoms with E-state index in [0.717, 1.165) is 12.2 Å². The largest absolute Gasteiger partial charge is 0.466 e. The molecule has 0 spiro atoms. The van der Waals surface area contributed by atoms with Crippen LogP contribution in [-0.4, -0.2) is 53.4 Å². The quantitative estimate of drug-likeness (QED) is 0.278. The first-order valence-corrected chi connectivity index (χ1v) is 11.7. The predicted octanol–water partition coefficient (Wildman–Crippen LogP) is 4.71. The molecule has 0 saturated heterocycles. The minimum Gasteiger partial charge on any atom is -0.466 e. The van der Waals surface area contributed by atoms with E-state index < -0.39 is 29.3 Å². The molecule has 176 valence electrons. The summed E-state index contributed by atoms with van der Waals surface area (Å²) >= 11 is 1.67. The van der Waals surface area contributed by atoms with Crippen molar-refractivity contribution in [2.45, 2.75) is 98.8 Å². The predicted molar refractivity (Wildman–Crippen MR) is 121 cm³/mol. The number of carbonyl (C=O) groups excluding carboxylic acids is 3. The number of rotatable bonds is 11. The molecule has 1 unspecified atom stereocenters. The molecule has 0 aliphatic carbocycles. The van der Waals surface area contributed by atoms with Gasteiger partial charge in [0, 0.05) is 0 Å². The van der Waals surface area contributed by atoms with Crippen molar-refractivity contribution in [1.82, 2.24) is 5.32 Å². The molecule has 0 heterocycles. The first kappa shape index (κ1) is 28.6. The van der Waals surface area contributed by atoms with Crippen LogP contribution in [0.3, 0.4) is 0 Å². The molecule has 0 aromatic rings. The highest BCUT2D eigenvalue weighted by atomic mass is 32.2. The summed E-state index contributed by atoms with van der Waals surface area (Å²) in [6.45, 7) is 16.9. The van der Waals surface area contributed by atoms with Gasteiger partial charge in [-0.2, -0.15) is 11.8 Å². The minimum atomic E-state index is -0.779. The summed E-state index contributed by atoms with van der Waals surface area (Å²) < 4.78 is 15.7. The molecule has 0 aliphatic rings. The molecule has 0 radical (unpaired) electrons. The molecular weight excluding hydrogens is 406 g/mol. The molecule has 1 N–H and O–H groups in total. The zero-order valence-corrected chi connectivity index (χ0v) is 21.0. The number of hydrogen-bond acceptors (Lipinski definition) is 7. The molecule has 30 heavy (non-hydrogen) atoms.